The standard InChI is InChI=1S/C17H28O6.3Na/c1-2-3-4-5-6-7-8-9-10-13(16(20)21)14(17(22)23)11-12-15(18)19;;;/h2-12H2,1H3,(H,18,19)(H,20,21)(H,22,23);;;/q;3*+1/p-3/b14-13-;;;. The van der Waals surface area contributed by atoms with Gasteiger partial charge in [-0.15, -0.1) is 0 Å². The molecule has 9 heteroatoms. The van der Waals surface area contributed by atoms with Gasteiger partial charge in [0.2, 0.25) is 0 Å². The van der Waals surface area contributed by atoms with Gasteiger partial charge in [0.1, 0.15) is 0 Å². The zero-order valence-electron chi connectivity index (χ0n) is 16.7. The maximum atomic E-state index is 11.1. The van der Waals surface area contributed by atoms with Crippen molar-refractivity contribution in [1.29, 1.82) is 0 Å². The smallest absolute Gasteiger partial charge is 0.550 e. The molecular formula is C17H25Na3O6. The van der Waals surface area contributed by atoms with Crippen molar-refractivity contribution < 1.29 is 118 Å². The van der Waals surface area contributed by atoms with Gasteiger partial charge in [-0.1, -0.05) is 51.9 Å². The number of hydrogen-bond donors (Lipinski definition) is 0. The van der Waals surface area contributed by atoms with Crippen LogP contribution < -0.4 is 104 Å². The minimum absolute atomic E-state index is 0. The van der Waals surface area contributed by atoms with Gasteiger partial charge in [-0.3, -0.25) is 0 Å². The summed E-state index contributed by atoms with van der Waals surface area (Å²) in [4.78, 5) is 32.5. The minimum Gasteiger partial charge on any atom is -0.550 e. The molecule has 0 saturated carbocycles. The van der Waals surface area contributed by atoms with Crippen molar-refractivity contribution in [2.24, 2.45) is 0 Å². The number of carbonyl (C=O) groups is 3. The first-order valence-electron chi connectivity index (χ1n) is 8.24. The molecule has 0 aliphatic heterocycles. The molecule has 0 radical (unpaired) electrons. The molecule has 0 spiro atoms. The van der Waals surface area contributed by atoms with Crippen LogP contribution in [0.5, 0.6) is 0 Å². The summed E-state index contributed by atoms with van der Waals surface area (Å²) >= 11 is 0. The maximum Gasteiger partial charge on any atom is 1.00 e. The summed E-state index contributed by atoms with van der Waals surface area (Å²) in [6.45, 7) is 2.14. The van der Waals surface area contributed by atoms with E-state index in [9.17, 15) is 29.7 Å². The second-order valence-corrected chi connectivity index (χ2v) is 5.63. The number of carboxylic acid groups (broad SMARTS) is 3. The molecule has 0 aromatic heterocycles. The van der Waals surface area contributed by atoms with Crippen molar-refractivity contribution >= 4 is 17.9 Å². The Balaban J connectivity index is -0.000000807. The maximum absolute atomic E-state index is 11.1. The van der Waals surface area contributed by atoms with Crippen LogP contribution >= 0.6 is 0 Å². The fourth-order valence-electron chi connectivity index (χ4n) is 2.42. The van der Waals surface area contributed by atoms with Gasteiger partial charge in [-0.2, -0.15) is 0 Å². The summed E-state index contributed by atoms with van der Waals surface area (Å²) in [7, 11) is 0. The number of hydrogen-bond acceptors (Lipinski definition) is 6. The van der Waals surface area contributed by atoms with E-state index in [1.807, 2.05) is 0 Å². The van der Waals surface area contributed by atoms with Gasteiger partial charge >= 0.3 is 88.7 Å². The van der Waals surface area contributed by atoms with Crippen molar-refractivity contribution in [3.63, 3.8) is 0 Å². The topological polar surface area (TPSA) is 120 Å². The molecular weight excluding hydrogens is 369 g/mol. The molecule has 26 heavy (non-hydrogen) atoms. The van der Waals surface area contributed by atoms with Crippen LogP contribution in [0.1, 0.15) is 77.6 Å². The van der Waals surface area contributed by atoms with Crippen LogP contribution in [0.25, 0.3) is 0 Å². The average molecular weight is 394 g/mol. The zero-order valence-corrected chi connectivity index (χ0v) is 22.7. The predicted molar refractivity (Wildman–Crippen MR) is 78.5 cm³/mol. The molecule has 132 valence electrons. The molecule has 0 aromatic carbocycles. The quantitative estimate of drug-likeness (QED) is 0.164. The van der Waals surface area contributed by atoms with Gasteiger partial charge in [0.15, 0.2) is 0 Å². The summed E-state index contributed by atoms with van der Waals surface area (Å²) in [5, 5.41) is 32.5. The largest absolute Gasteiger partial charge is 1.00 e. The molecule has 0 heterocycles. The summed E-state index contributed by atoms with van der Waals surface area (Å²) in [5.74, 6) is -4.68. The van der Waals surface area contributed by atoms with Crippen LogP contribution in [0.15, 0.2) is 11.1 Å². The third kappa shape index (κ3) is 18.5. The average Bonchev–Trinajstić information content (AvgIpc) is 2.47. The van der Waals surface area contributed by atoms with E-state index in [4.69, 9.17) is 0 Å². The number of rotatable bonds is 14. The Morgan fingerprint density at radius 2 is 0.962 bits per heavy atom. The van der Waals surface area contributed by atoms with Crippen molar-refractivity contribution in [1.82, 2.24) is 0 Å². The van der Waals surface area contributed by atoms with Gasteiger partial charge < -0.3 is 29.7 Å². The van der Waals surface area contributed by atoms with Gasteiger partial charge in [0.25, 0.3) is 0 Å². The molecule has 0 N–H and O–H groups in total. The Kier molecular flexibility index (Phi) is 29.9. The van der Waals surface area contributed by atoms with Crippen molar-refractivity contribution in [2.45, 2.75) is 77.6 Å². The Morgan fingerprint density at radius 1 is 0.577 bits per heavy atom. The molecule has 6 nitrogen and oxygen atoms in total. The number of unbranched alkanes of at least 4 members (excludes halogenated alkanes) is 7. The number of carboxylic acids is 3. The SMILES string of the molecule is CCCCCCCCCC/C(C(=O)[O-])=C(\CCC(=O)[O-])C(=O)[O-].[Na+].[Na+].[Na+]. The molecule has 0 atom stereocenters. The van der Waals surface area contributed by atoms with E-state index in [2.05, 4.69) is 6.92 Å². The predicted octanol–water partition coefficient (Wildman–Crippen LogP) is -9.14. The van der Waals surface area contributed by atoms with E-state index < -0.39 is 36.3 Å². The Morgan fingerprint density at radius 3 is 1.35 bits per heavy atom. The molecule has 0 aromatic rings. The second-order valence-electron chi connectivity index (χ2n) is 5.63. The number of carbonyl (C=O) groups excluding carboxylic acids is 3. The van der Waals surface area contributed by atoms with Gasteiger partial charge in [-0.25, -0.2) is 0 Å². The van der Waals surface area contributed by atoms with E-state index in [0.717, 1.165) is 25.7 Å². The molecule has 0 aliphatic rings. The zero-order chi connectivity index (χ0) is 17.7. The number of aliphatic carboxylic acids is 3. The molecule has 0 amide bonds. The Hall–Kier alpha value is 1.15. The summed E-state index contributed by atoms with van der Waals surface area (Å²) < 4.78 is 0. The van der Waals surface area contributed by atoms with Gasteiger partial charge in [0, 0.05) is 5.97 Å². The van der Waals surface area contributed by atoms with E-state index in [-0.39, 0.29) is 101 Å². The Bertz CT molecular complexity index is 438. The molecule has 0 saturated heterocycles. The molecule has 0 aliphatic carbocycles. The van der Waals surface area contributed by atoms with Crippen molar-refractivity contribution in [2.75, 3.05) is 0 Å². The van der Waals surface area contributed by atoms with Crippen LogP contribution in [0, 0.1) is 0 Å². The summed E-state index contributed by atoms with van der Waals surface area (Å²) in [6.07, 6.45) is 7.15. The normalized spacial score (nSPS) is 10.5. The third-order valence-corrected chi connectivity index (χ3v) is 3.72. The van der Waals surface area contributed by atoms with Gasteiger partial charge in [0.05, 0.1) is 11.9 Å². The van der Waals surface area contributed by atoms with Crippen LogP contribution in [-0.4, -0.2) is 17.9 Å². The van der Waals surface area contributed by atoms with Crippen LogP contribution in [0.2, 0.25) is 0 Å². The van der Waals surface area contributed by atoms with E-state index >= 15 is 0 Å². The molecule has 0 rings (SSSR count). The van der Waals surface area contributed by atoms with Crippen molar-refractivity contribution in [3.8, 4) is 0 Å². The molecule has 0 bridgehead atoms. The minimum atomic E-state index is -1.66. The van der Waals surface area contributed by atoms with Gasteiger partial charge in [-0.05, 0) is 36.8 Å². The Labute approximate surface area is 222 Å². The monoisotopic (exact) mass is 394 g/mol. The second kappa shape index (κ2) is 22.4. The molecule has 0 fully saturated rings. The first-order chi connectivity index (χ1) is 10.9. The van der Waals surface area contributed by atoms with E-state index in [0.29, 0.717) is 6.42 Å². The molecule has 0 unspecified atom stereocenters. The van der Waals surface area contributed by atoms with E-state index in [1.165, 1.54) is 19.3 Å². The first-order valence-corrected chi connectivity index (χ1v) is 8.24. The third-order valence-electron chi connectivity index (χ3n) is 3.72. The van der Waals surface area contributed by atoms with E-state index in [1.54, 1.807) is 0 Å². The fraction of sp³-hybridized carbons (Fsp3) is 0.706. The van der Waals surface area contributed by atoms with Crippen LogP contribution in [-0.2, 0) is 14.4 Å². The summed E-state index contributed by atoms with van der Waals surface area (Å²) in [6, 6.07) is 0. The van der Waals surface area contributed by atoms with Crippen molar-refractivity contribution in [3.05, 3.63) is 11.1 Å². The fourth-order valence-corrected chi connectivity index (χ4v) is 2.42. The van der Waals surface area contributed by atoms with Crippen LogP contribution in [0.4, 0.5) is 0 Å². The van der Waals surface area contributed by atoms with Crippen LogP contribution in [0.3, 0.4) is 0 Å². The summed E-state index contributed by atoms with van der Waals surface area (Å²) in [5.41, 5.74) is -0.866. The first kappa shape index (κ1) is 34.6.